The van der Waals surface area contributed by atoms with E-state index in [2.05, 4.69) is 15.7 Å². The Morgan fingerprint density at radius 3 is 2.64 bits per heavy atom. The number of aromatic nitrogens is 2. The van der Waals surface area contributed by atoms with Crippen LogP contribution in [0.1, 0.15) is 42.3 Å². The number of fused-ring (bicyclic) bond motifs is 2. The van der Waals surface area contributed by atoms with Crippen LogP contribution in [0.4, 0.5) is 8.78 Å². The highest BCUT2D eigenvalue weighted by Gasteiger charge is 2.35. The van der Waals surface area contributed by atoms with Crippen LogP contribution in [0.3, 0.4) is 0 Å². The van der Waals surface area contributed by atoms with Crippen LogP contribution in [0, 0.1) is 0 Å². The fourth-order valence-electron chi connectivity index (χ4n) is 5.24. The van der Waals surface area contributed by atoms with Crippen molar-refractivity contribution in [1.29, 1.82) is 0 Å². The summed E-state index contributed by atoms with van der Waals surface area (Å²) in [5.74, 6) is -3.62. The molecule has 2 aliphatic rings. The second-order valence-corrected chi connectivity index (χ2v) is 11.0. The van der Waals surface area contributed by atoms with Crippen LogP contribution < -0.4 is 24.8 Å². The van der Waals surface area contributed by atoms with Gasteiger partial charge < -0.3 is 29.6 Å². The van der Waals surface area contributed by atoms with E-state index < -0.39 is 24.0 Å². The molecule has 1 aromatic heterocycles. The predicted octanol–water partition coefficient (Wildman–Crippen LogP) is 4.60. The van der Waals surface area contributed by atoms with Crippen molar-refractivity contribution >= 4 is 22.7 Å². The van der Waals surface area contributed by atoms with E-state index in [1.165, 1.54) is 0 Å². The molecule has 230 valence electrons. The number of rotatable bonds is 9. The summed E-state index contributed by atoms with van der Waals surface area (Å²) in [6, 6.07) is 16.9. The quantitative estimate of drug-likeness (QED) is 0.287. The van der Waals surface area contributed by atoms with Crippen molar-refractivity contribution in [2.24, 2.45) is 0 Å². The number of halogens is 2. The van der Waals surface area contributed by atoms with Gasteiger partial charge in [-0.3, -0.25) is 9.59 Å². The van der Waals surface area contributed by atoms with Gasteiger partial charge in [0, 0.05) is 24.5 Å². The zero-order chi connectivity index (χ0) is 30.8. The molecule has 2 N–H and O–H groups in total. The molecule has 2 aliphatic heterocycles. The summed E-state index contributed by atoms with van der Waals surface area (Å²) in [6.07, 6.45) is 1.61. The number of carbonyl (C=O) groups excluding carboxylic acids is 2. The largest absolute Gasteiger partial charge is 0.486 e. The summed E-state index contributed by atoms with van der Waals surface area (Å²) in [5.41, 5.74) is 2.59. The summed E-state index contributed by atoms with van der Waals surface area (Å²) in [4.78, 5) is 25.0. The molecule has 4 aromatic rings. The van der Waals surface area contributed by atoms with Gasteiger partial charge >= 0.3 is 5.92 Å². The average molecular weight is 607 g/mol. The fraction of sp³-hybridized carbons (Fsp3) is 0.344. The number of benzene rings is 3. The molecule has 2 unspecified atom stereocenters. The van der Waals surface area contributed by atoms with Gasteiger partial charge in [0.15, 0.2) is 11.5 Å². The molecule has 2 amide bonds. The molecule has 0 aliphatic carbocycles. The lowest BCUT2D eigenvalue weighted by atomic mass is 10.0. The van der Waals surface area contributed by atoms with E-state index in [9.17, 15) is 18.4 Å². The number of carbonyl (C=O) groups is 2. The van der Waals surface area contributed by atoms with Gasteiger partial charge in [0.25, 0.3) is 11.8 Å². The molecule has 3 heterocycles. The van der Waals surface area contributed by atoms with Gasteiger partial charge in [0.05, 0.1) is 36.1 Å². The Kier molecular flexibility index (Phi) is 8.09. The second kappa shape index (κ2) is 12.1. The maximum absolute atomic E-state index is 13.7. The highest BCUT2D eigenvalue weighted by atomic mass is 19.3. The fourth-order valence-corrected chi connectivity index (χ4v) is 5.24. The Bertz CT molecular complexity index is 1680. The van der Waals surface area contributed by atoms with Crippen LogP contribution >= 0.6 is 0 Å². The molecular formula is C32H32F2N4O6. The number of alkyl halides is 2. The molecular weight excluding hydrogens is 574 g/mol. The number of hydrogen-bond donors (Lipinski definition) is 2. The molecule has 1 saturated heterocycles. The van der Waals surface area contributed by atoms with Crippen LogP contribution in [0.5, 0.6) is 17.2 Å². The van der Waals surface area contributed by atoms with Crippen molar-refractivity contribution in [3.8, 4) is 22.9 Å². The Balaban J connectivity index is 1.26. The van der Waals surface area contributed by atoms with Crippen molar-refractivity contribution in [3.63, 3.8) is 0 Å². The topological polar surface area (TPSA) is 113 Å². The molecule has 0 radical (unpaired) electrons. The molecule has 44 heavy (non-hydrogen) atoms. The van der Waals surface area contributed by atoms with Gasteiger partial charge in [-0.05, 0) is 67.4 Å². The smallest absolute Gasteiger partial charge is 0.321 e. The molecule has 10 nitrogen and oxygen atoms in total. The minimum Gasteiger partial charge on any atom is -0.486 e. The summed E-state index contributed by atoms with van der Waals surface area (Å²) < 4.78 is 52.2. The van der Waals surface area contributed by atoms with Gasteiger partial charge in [-0.15, -0.1) is 0 Å². The van der Waals surface area contributed by atoms with E-state index in [0.29, 0.717) is 67.4 Å². The lowest BCUT2D eigenvalue weighted by Gasteiger charge is -2.28. The van der Waals surface area contributed by atoms with Crippen molar-refractivity contribution in [1.82, 2.24) is 20.4 Å². The van der Waals surface area contributed by atoms with Gasteiger partial charge in [0.2, 0.25) is 0 Å². The van der Waals surface area contributed by atoms with Crippen LogP contribution in [0.25, 0.3) is 16.6 Å². The lowest BCUT2D eigenvalue weighted by molar-refractivity contribution is -0.144. The zero-order valence-corrected chi connectivity index (χ0v) is 24.2. The Hall–Kier alpha value is -4.71. The third kappa shape index (κ3) is 6.30. The van der Waals surface area contributed by atoms with Crippen molar-refractivity contribution in [3.05, 3.63) is 78.0 Å². The first kappa shape index (κ1) is 29.4. The highest BCUT2D eigenvalue weighted by molar-refractivity contribution is 5.95. The minimum atomic E-state index is -3.55. The van der Waals surface area contributed by atoms with Crippen molar-refractivity contribution in [2.45, 2.75) is 44.4 Å². The van der Waals surface area contributed by atoms with E-state index in [4.69, 9.17) is 18.9 Å². The first-order chi connectivity index (χ1) is 21.2. The van der Waals surface area contributed by atoms with Gasteiger partial charge in [-0.2, -0.15) is 13.9 Å². The first-order valence-corrected chi connectivity index (χ1v) is 14.4. The number of hydrogen-bond acceptors (Lipinski definition) is 7. The molecule has 12 heteroatoms. The van der Waals surface area contributed by atoms with Crippen molar-refractivity contribution in [2.75, 3.05) is 26.4 Å². The number of nitrogens with zero attached hydrogens (tertiary/aromatic N) is 2. The molecule has 1 fully saturated rings. The summed E-state index contributed by atoms with van der Waals surface area (Å²) >= 11 is 0. The number of amides is 2. The standard InChI is InChI=1S/C32H32F2N4O6/c1-19(36-31(40)32(2,33)34)29(20-6-9-27-28(16-20)43-13-12-42-27)44-25-7-8-26-22(15-25)17-35-38(26)24-5-3-4-21(14-24)30(39)37-23-10-11-41-18-23/h3-9,14-17,19,23,29H,10-13,18H2,1-2H3,(H,36,40)(H,37,39)/t19?,23-,29?/m1/s1. The Morgan fingerprint density at radius 2 is 1.86 bits per heavy atom. The molecule has 6 rings (SSSR count). The first-order valence-electron chi connectivity index (χ1n) is 14.4. The summed E-state index contributed by atoms with van der Waals surface area (Å²) in [6.45, 7) is 4.09. The van der Waals surface area contributed by atoms with E-state index in [1.807, 2.05) is 12.1 Å². The lowest BCUT2D eigenvalue weighted by Crippen LogP contribution is -2.46. The third-order valence-corrected chi connectivity index (χ3v) is 7.53. The average Bonchev–Trinajstić information content (AvgIpc) is 3.69. The van der Waals surface area contributed by atoms with Crippen molar-refractivity contribution < 1.29 is 37.3 Å². The third-order valence-electron chi connectivity index (χ3n) is 7.53. The van der Waals surface area contributed by atoms with Crippen LogP contribution in [-0.2, 0) is 9.53 Å². The Morgan fingerprint density at radius 1 is 1.05 bits per heavy atom. The van der Waals surface area contributed by atoms with Gasteiger partial charge in [0.1, 0.15) is 25.1 Å². The highest BCUT2D eigenvalue weighted by Crippen LogP contribution is 2.36. The maximum atomic E-state index is 13.7. The SMILES string of the molecule is CC(NC(=O)C(C)(F)F)C(Oc1ccc2c(cnn2-c2cccc(C(=O)N[C@@H]3CCOC3)c2)c1)c1ccc2c(c1)OCCO2. The van der Waals surface area contributed by atoms with Crippen LogP contribution in [0.15, 0.2) is 66.9 Å². The molecule has 0 bridgehead atoms. The van der Waals surface area contributed by atoms with E-state index in [1.54, 1.807) is 66.3 Å². The number of nitrogens with one attached hydrogen (secondary N) is 2. The molecule has 3 aromatic carbocycles. The minimum absolute atomic E-state index is 0.00407. The second-order valence-electron chi connectivity index (χ2n) is 11.0. The molecule has 0 saturated carbocycles. The summed E-state index contributed by atoms with van der Waals surface area (Å²) in [5, 5.41) is 10.7. The Labute approximate surface area is 252 Å². The van der Waals surface area contributed by atoms with Crippen LogP contribution in [-0.4, -0.2) is 66.0 Å². The zero-order valence-electron chi connectivity index (χ0n) is 24.2. The van der Waals surface area contributed by atoms with Crippen LogP contribution in [0.2, 0.25) is 0 Å². The maximum Gasteiger partial charge on any atom is 0.321 e. The monoisotopic (exact) mass is 606 g/mol. The number of ether oxygens (including phenoxy) is 4. The van der Waals surface area contributed by atoms with Gasteiger partial charge in [-0.1, -0.05) is 12.1 Å². The van der Waals surface area contributed by atoms with E-state index in [-0.39, 0.29) is 11.9 Å². The molecule has 3 atom stereocenters. The van der Waals surface area contributed by atoms with Gasteiger partial charge in [-0.25, -0.2) is 4.68 Å². The normalized spacial score (nSPS) is 17.6. The summed E-state index contributed by atoms with van der Waals surface area (Å²) in [7, 11) is 0. The predicted molar refractivity (Wildman–Crippen MR) is 157 cm³/mol. The molecule has 0 spiro atoms. The van der Waals surface area contributed by atoms with E-state index in [0.717, 1.165) is 17.3 Å². The van der Waals surface area contributed by atoms with E-state index >= 15 is 0 Å².